The summed E-state index contributed by atoms with van der Waals surface area (Å²) < 4.78 is 5.04. The van der Waals surface area contributed by atoms with Crippen LogP contribution in [0.5, 0.6) is 0 Å². The number of ether oxygens (including phenoxy) is 1. The molecule has 0 aromatic heterocycles. The molecule has 0 saturated carbocycles. The maximum absolute atomic E-state index is 11.8. The minimum absolute atomic E-state index is 0.319. The minimum atomic E-state index is -0.319. The van der Waals surface area contributed by atoms with Crippen molar-refractivity contribution in [1.82, 2.24) is 0 Å². The molecule has 0 spiro atoms. The average molecular weight is 345 g/mol. The molecule has 2 rings (SSSR count). The topological polar surface area (TPSA) is 26.3 Å². The van der Waals surface area contributed by atoms with Crippen molar-refractivity contribution < 1.29 is 9.53 Å². The molecule has 0 bridgehead atoms. The Morgan fingerprint density at radius 1 is 1.05 bits per heavy atom. The normalized spacial score (nSPS) is 11.2. The Morgan fingerprint density at radius 2 is 1.67 bits per heavy atom. The van der Waals surface area contributed by atoms with Gasteiger partial charge in [-0.25, -0.2) is 4.79 Å². The molecule has 0 aliphatic heterocycles. The molecule has 0 atom stereocenters. The molecule has 0 unspecified atom stereocenters. The molecule has 0 radical (unpaired) electrons. The fraction of sp³-hybridized carbons (Fsp3) is 0.167. The lowest BCUT2D eigenvalue weighted by Crippen LogP contribution is -2.01. The van der Waals surface area contributed by atoms with E-state index in [0.717, 1.165) is 22.0 Å². The third kappa shape index (κ3) is 4.30. The van der Waals surface area contributed by atoms with E-state index >= 15 is 0 Å². The van der Waals surface area contributed by atoms with Gasteiger partial charge in [-0.1, -0.05) is 70.5 Å². The number of benzene rings is 2. The van der Waals surface area contributed by atoms with E-state index in [4.69, 9.17) is 4.74 Å². The third-order valence-electron chi connectivity index (χ3n) is 3.05. The number of esters is 1. The lowest BCUT2D eigenvalue weighted by Gasteiger charge is -2.09. The van der Waals surface area contributed by atoms with Crippen LogP contribution < -0.4 is 0 Å². The van der Waals surface area contributed by atoms with Gasteiger partial charge >= 0.3 is 5.97 Å². The zero-order chi connectivity index (χ0) is 15.1. The number of hydrogen-bond acceptors (Lipinski definition) is 2. The first-order valence-electron chi connectivity index (χ1n) is 6.83. The van der Waals surface area contributed by atoms with Gasteiger partial charge in [-0.2, -0.15) is 0 Å². The average Bonchev–Trinajstić information content (AvgIpc) is 2.54. The van der Waals surface area contributed by atoms with Crippen LogP contribution in [0.4, 0.5) is 0 Å². The highest BCUT2D eigenvalue weighted by atomic mass is 79.9. The minimum Gasteiger partial charge on any atom is -0.463 e. The van der Waals surface area contributed by atoms with E-state index in [1.807, 2.05) is 54.6 Å². The first kappa shape index (κ1) is 15.5. The number of carbonyl (C=O) groups excluding carboxylic acids is 1. The van der Waals surface area contributed by atoms with Crippen molar-refractivity contribution in [3.05, 3.63) is 77.4 Å². The second kappa shape index (κ2) is 7.79. The Labute approximate surface area is 133 Å². The summed E-state index contributed by atoms with van der Waals surface area (Å²) in [5.41, 5.74) is 4.06. The first-order valence-corrected chi connectivity index (χ1v) is 7.96. The molecule has 0 fully saturated rings. The molecular formula is C18H17BrO2. The molecule has 2 aromatic rings. The summed E-state index contributed by atoms with van der Waals surface area (Å²) in [6, 6.07) is 18.0. The second-order valence-electron chi connectivity index (χ2n) is 4.51. The van der Waals surface area contributed by atoms with Crippen LogP contribution in [0.1, 0.15) is 23.6 Å². The van der Waals surface area contributed by atoms with Gasteiger partial charge in [0.2, 0.25) is 0 Å². The summed E-state index contributed by atoms with van der Waals surface area (Å²) in [6.07, 6.45) is 1.56. The zero-order valence-electron chi connectivity index (χ0n) is 11.9. The Morgan fingerprint density at radius 3 is 2.24 bits per heavy atom. The summed E-state index contributed by atoms with van der Waals surface area (Å²) in [6.45, 7) is 2.18. The molecule has 0 aliphatic carbocycles. The molecule has 0 heterocycles. The molecule has 2 aromatic carbocycles. The number of carbonyl (C=O) groups is 1. The summed E-state index contributed by atoms with van der Waals surface area (Å²) in [4.78, 5) is 11.8. The molecule has 0 amide bonds. The van der Waals surface area contributed by atoms with Crippen molar-refractivity contribution in [1.29, 1.82) is 0 Å². The van der Waals surface area contributed by atoms with Crippen LogP contribution in [0.25, 0.3) is 5.57 Å². The van der Waals surface area contributed by atoms with Crippen LogP contribution in [0.15, 0.2) is 60.7 Å². The molecule has 3 heteroatoms. The molecule has 0 saturated heterocycles. The maximum atomic E-state index is 11.8. The van der Waals surface area contributed by atoms with E-state index in [1.165, 1.54) is 5.56 Å². The van der Waals surface area contributed by atoms with Gasteiger partial charge in [-0.05, 0) is 29.2 Å². The van der Waals surface area contributed by atoms with Gasteiger partial charge in [0.1, 0.15) is 0 Å². The van der Waals surface area contributed by atoms with E-state index in [1.54, 1.807) is 13.0 Å². The molecular weight excluding hydrogens is 328 g/mol. The molecule has 21 heavy (non-hydrogen) atoms. The summed E-state index contributed by atoms with van der Waals surface area (Å²) in [5.74, 6) is -0.319. The molecule has 2 nitrogen and oxygen atoms in total. The van der Waals surface area contributed by atoms with Gasteiger partial charge in [-0.15, -0.1) is 0 Å². The van der Waals surface area contributed by atoms with E-state index in [2.05, 4.69) is 15.9 Å². The number of halogens is 1. The van der Waals surface area contributed by atoms with Gasteiger partial charge in [0, 0.05) is 11.4 Å². The van der Waals surface area contributed by atoms with Crippen molar-refractivity contribution >= 4 is 27.5 Å². The van der Waals surface area contributed by atoms with Crippen molar-refractivity contribution in [2.75, 3.05) is 6.61 Å². The summed E-state index contributed by atoms with van der Waals surface area (Å²) in [5, 5.41) is 0.815. The molecule has 0 aliphatic rings. The van der Waals surface area contributed by atoms with E-state index in [-0.39, 0.29) is 5.97 Å². The van der Waals surface area contributed by atoms with Gasteiger partial charge in [0.25, 0.3) is 0 Å². The van der Waals surface area contributed by atoms with Gasteiger partial charge in [0.05, 0.1) is 6.61 Å². The van der Waals surface area contributed by atoms with Crippen LogP contribution in [0.2, 0.25) is 0 Å². The van der Waals surface area contributed by atoms with Crippen LogP contribution in [0, 0.1) is 0 Å². The van der Waals surface area contributed by atoms with Gasteiger partial charge < -0.3 is 4.74 Å². The quantitative estimate of drug-likeness (QED) is 0.451. The lowest BCUT2D eigenvalue weighted by atomic mass is 9.97. The van der Waals surface area contributed by atoms with Crippen LogP contribution in [-0.4, -0.2) is 12.6 Å². The predicted octanol–water partition coefficient (Wildman–Crippen LogP) is 4.58. The molecule has 0 N–H and O–H groups in total. The highest BCUT2D eigenvalue weighted by molar-refractivity contribution is 9.08. The standard InChI is InChI=1S/C18H17BrO2/c1-2-21-18(20)12-17(15-6-4-3-5-7-15)16-10-8-14(13-19)9-11-16/h3-12H,2,13H2,1H3. The van der Waals surface area contributed by atoms with Crippen molar-refractivity contribution in [3.8, 4) is 0 Å². The lowest BCUT2D eigenvalue weighted by molar-refractivity contribution is -0.137. The van der Waals surface area contributed by atoms with Gasteiger partial charge in [0.15, 0.2) is 0 Å². The highest BCUT2D eigenvalue weighted by Crippen LogP contribution is 2.24. The van der Waals surface area contributed by atoms with Crippen molar-refractivity contribution in [3.63, 3.8) is 0 Å². The van der Waals surface area contributed by atoms with Crippen LogP contribution in [-0.2, 0) is 14.9 Å². The second-order valence-corrected chi connectivity index (χ2v) is 5.07. The largest absolute Gasteiger partial charge is 0.463 e. The van der Waals surface area contributed by atoms with Crippen LogP contribution in [0.3, 0.4) is 0 Å². The SMILES string of the molecule is CCOC(=O)C=C(c1ccccc1)c1ccc(CBr)cc1. The fourth-order valence-corrected chi connectivity index (χ4v) is 2.40. The third-order valence-corrected chi connectivity index (χ3v) is 3.70. The Hall–Kier alpha value is -1.87. The van der Waals surface area contributed by atoms with E-state index < -0.39 is 0 Å². The Bertz CT molecular complexity index is 615. The smallest absolute Gasteiger partial charge is 0.331 e. The number of alkyl halides is 1. The highest BCUT2D eigenvalue weighted by Gasteiger charge is 2.08. The van der Waals surface area contributed by atoms with Crippen molar-refractivity contribution in [2.24, 2.45) is 0 Å². The summed E-state index contributed by atoms with van der Waals surface area (Å²) in [7, 11) is 0. The predicted molar refractivity (Wildman–Crippen MR) is 89.2 cm³/mol. The van der Waals surface area contributed by atoms with Crippen molar-refractivity contribution in [2.45, 2.75) is 12.3 Å². The zero-order valence-corrected chi connectivity index (χ0v) is 13.5. The number of rotatable bonds is 5. The fourth-order valence-electron chi connectivity index (χ4n) is 2.03. The first-order chi connectivity index (χ1) is 10.2. The maximum Gasteiger partial charge on any atom is 0.331 e. The molecule has 108 valence electrons. The van der Waals surface area contributed by atoms with E-state index in [9.17, 15) is 4.79 Å². The number of hydrogen-bond donors (Lipinski definition) is 0. The monoisotopic (exact) mass is 344 g/mol. The summed E-state index contributed by atoms with van der Waals surface area (Å²) >= 11 is 3.44. The Balaban J connectivity index is 2.42. The van der Waals surface area contributed by atoms with Gasteiger partial charge in [-0.3, -0.25) is 0 Å². The van der Waals surface area contributed by atoms with E-state index in [0.29, 0.717) is 6.61 Å². The van der Waals surface area contributed by atoms with Crippen LogP contribution >= 0.6 is 15.9 Å². The Kier molecular flexibility index (Phi) is 5.76.